The van der Waals surface area contributed by atoms with Crippen molar-refractivity contribution in [2.45, 2.75) is 45.9 Å². The number of aromatic amines is 1. The van der Waals surface area contributed by atoms with Crippen molar-refractivity contribution < 1.29 is 27.4 Å². The SMILES string of the molecule is COc1ccc(Cc2nc(C(=O)C[C@@H](c3ccc(OC(F)(F)F)cc3)C(C)(C)C)cc(=O)[nH]2)cc1. The van der Waals surface area contributed by atoms with Crippen LogP contribution in [-0.2, 0) is 6.42 Å². The number of hydrogen-bond donors (Lipinski definition) is 1. The van der Waals surface area contributed by atoms with Gasteiger partial charge in [0, 0.05) is 18.9 Å². The monoisotopic (exact) mass is 488 g/mol. The summed E-state index contributed by atoms with van der Waals surface area (Å²) in [6.07, 6.45) is -4.43. The zero-order valence-electron chi connectivity index (χ0n) is 19.9. The molecule has 1 heterocycles. The molecule has 0 amide bonds. The summed E-state index contributed by atoms with van der Waals surface area (Å²) in [7, 11) is 1.57. The van der Waals surface area contributed by atoms with E-state index in [2.05, 4.69) is 14.7 Å². The lowest BCUT2D eigenvalue weighted by Gasteiger charge is -2.31. The van der Waals surface area contributed by atoms with Gasteiger partial charge in [-0.2, -0.15) is 0 Å². The molecule has 0 aliphatic rings. The predicted molar refractivity (Wildman–Crippen MR) is 125 cm³/mol. The summed E-state index contributed by atoms with van der Waals surface area (Å²) in [5, 5.41) is 0. The zero-order valence-corrected chi connectivity index (χ0v) is 19.9. The summed E-state index contributed by atoms with van der Waals surface area (Å²) in [4.78, 5) is 32.4. The highest BCUT2D eigenvalue weighted by molar-refractivity contribution is 5.94. The largest absolute Gasteiger partial charge is 0.573 e. The molecule has 0 spiro atoms. The van der Waals surface area contributed by atoms with Gasteiger partial charge in [0.2, 0.25) is 0 Å². The smallest absolute Gasteiger partial charge is 0.497 e. The number of nitrogens with zero attached hydrogens (tertiary/aromatic N) is 1. The van der Waals surface area contributed by atoms with Gasteiger partial charge in [0.1, 0.15) is 23.0 Å². The van der Waals surface area contributed by atoms with Gasteiger partial charge < -0.3 is 14.5 Å². The fourth-order valence-corrected chi connectivity index (χ4v) is 3.79. The van der Waals surface area contributed by atoms with Crippen LogP contribution in [0.2, 0.25) is 0 Å². The van der Waals surface area contributed by atoms with Crippen molar-refractivity contribution in [2.24, 2.45) is 5.41 Å². The number of ketones is 1. The number of hydrogen-bond acceptors (Lipinski definition) is 5. The van der Waals surface area contributed by atoms with Gasteiger partial charge in [0.05, 0.1) is 7.11 Å². The molecule has 0 saturated heterocycles. The van der Waals surface area contributed by atoms with E-state index >= 15 is 0 Å². The number of carbonyl (C=O) groups excluding carboxylic acids is 1. The molecular formula is C26H27F3N2O4. The van der Waals surface area contributed by atoms with Crippen LogP contribution >= 0.6 is 0 Å². The van der Waals surface area contributed by atoms with Crippen LogP contribution in [0.5, 0.6) is 11.5 Å². The third-order valence-electron chi connectivity index (χ3n) is 5.56. The molecule has 0 aliphatic carbocycles. The minimum Gasteiger partial charge on any atom is -0.497 e. The summed E-state index contributed by atoms with van der Waals surface area (Å²) >= 11 is 0. The molecule has 0 bridgehead atoms. The number of Topliss-reactive ketones (excluding diaryl/α,β-unsaturated/α-hetero) is 1. The fourth-order valence-electron chi connectivity index (χ4n) is 3.79. The van der Waals surface area contributed by atoms with E-state index in [1.807, 2.05) is 32.9 Å². The Morgan fingerprint density at radius 3 is 2.14 bits per heavy atom. The van der Waals surface area contributed by atoms with Gasteiger partial charge in [-0.05, 0) is 46.7 Å². The Morgan fingerprint density at radius 2 is 1.60 bits per heavy atom. The normalized spacial score (nSPS) is 12.8. The minimum absolute atomic E-state index is 0.0292. The number of methoxy groups -OCH3 is 1. The highest BCUT2D eigenvalue weighted by Crippen LogP contribution is 2.39. The average Bonchev–Trinajstić information content (AvgIpc) is 2.76. The highest BCUT2D eigenvalue weighted by Gasteiger charge is 2.32. The molecule has 9 heteroatoms. The molecule has 0 unspecified atom stereocenters. The Hall–Kier alpha value is -3.62. The first-order valence-corrected chi connectivity index (χ1v) is 11.0. The lowest BCUT2D eigenvalue weighted by atomic mass is 9.73. The molecule has 1 atom stereocenters. The summed E-state index contributed by atoms with van der Waals surface area (Å²) in [6.45, 7) is 5.81. The van der Waals surface area contributed by atoms with Gasteiger partial charge in [0.25, 0.3) is 5.56 Å². The Morgan fingerprint density at radius 1 is 1.00 bits per heavy atom. The zero-order chi connectivity index (χ0) is 25.8. The van der Waals surface area contributed by atoms with Crippen LogP contribution < -0.4 is 15.0 Å². The number of halogens is 3. The maximum absolute atomic E-state index is 13.2. The summed E-state index contributed by atoms with van der Waals surface area (Å²) < 4.78 is 46.5. The second kappa shape index (κ2) is 10.3. The van der Waals surface area contributed by atoms with Gasteiger partial charge in [-0.25, -0.2) is 4.98 Å². The summed E-state index contributed by atoms with van der Waals surface area (Å²) in [5.74, 6) is 0.0562. The van der Waals surface area contributed by atoms with E-state index in [1.165, 1.54) is 30.3 Å². The van der Waals surface area contributed by atoms with Crippen LogP contribution in [-0.4, -0.2) is 29.2 Å². The van der Waals surface area contributed by atoms with Crippen molar-refractivity contribution in [3.63, 3.8) is 0 Å². The highest BCUT2D eigenvalue weighted by atomic mass is 19.4. The van der Waals surface area contributed by atoms with Crippen molar-refractivity contribution in [1.29, 1.82) is 0 Å². The first kappa shape index (κ1) is 26.0. The third-order valence-corrected chi connectivity index (χ3v) is 5.56. The molecule has 3 rings (SSSR count). The average molecular weight is 489 g/mol. The summed E-state index contributed by atoms with van der Waals surface area (Å²) in [5.41, 5.74) is 0.780. The first-order valence-electron chi connectivity index (χ1n) is 11.0. The minimum atomic E-state index is -4.78. The number of carbonyl (C=O) groups is 1. The molecule has 186 valence electrons. The number of rotatable bonds is 8. The van der Waals surface area contributed by atoms with E-state index < -0.39 is 17.3 Å². The standard InChI is InChI=1S/C26H27F3N2O4/c1-25(2,3)20(17-7-11-19(12-8-17)35-26(27,28)29)14-22(32)21-15-24(33)31-23(30-21)13-16-5-9-18(34-4)10-6-16/h5-12,15,20H,13-14H2,1-4H3,(H,30,31,33)/t20-/m0/s1. The van der Waals surface area contributed by atoms with Crippen LogP contribution in [0.25, 0.3) is 0 Å². The van der Waals surface area contributed by atoms with Gasteiger partial charge in [-0.15, -0.1) is 13.2 Å². The Bertz CT molecular complexity index is 1210. The molecule has 0 saturated carbocycles. The van der Waals surface area contributed by atoms with Gasteiger partial charge in [-0.3, -0.25) is 9.59 Å². The van der Waals surface area contributed by atoms with Crippen LogP contribution in [0.4, 0.5) is 13.2 Å². The van der Waals surface area contributed by atoms with Crippen LogP contribution in [0.3, 0.4) is 0 Å². The quantitative estimate of drug-likeness (QED) is 0.413. The summed E-state index contributed by atoms with van der Waals surface area (Å²) in [6, 6.07) is 13.9. The van der Waals surface area contributed by atoms with Gasteiger partial charge >= 0.3 is 6.36 Å². The Kier molecular flexibility index (Phi) is 7.67. The van der Waals surface area contributed by atoms with Crippen LogP contribution in [0.15, 0.2) is 59.4 Å². The maximum atomic E-state index is 13.2. The van der Waals surface area contributed by atoms with E-state index in [4.69, 9.17) is 4.74 Å². The fraction of sp³-hybridized carbons (Fsp3) is 0.346. The number of nitrogens with one attached hydrogen (secondary N) is 1. The second-order valence-corrected chi connectivity index (χ2v) is 9.26. The van der Waals surface area contributed by atoms with E-state index in [9.17, 15) is 22.8 Å². The molecule has 2 aromatic carbocycles. The van der Waals surface area contributed by atoms with Gasteiger partial charge in [0.15, 0.2) is 5.78 Å². The molecule has 6 nitrogen and oxygen atoms in total. The number of H-pyrrole nitrogens is 1. The third kappa shape index (κ3) is 7.43. The van der Waals surface area contributed by atoms with Crippen molar-refractivity contribution in [1.82, 2.24) is 9.97 Å². The molecule has 3 aromatic rings. The molecular weight excluding hydrogens is 461 g/mol. The molecule has 1 N–H and O–H groups in total. The molecule has 0 radical (unpaired) electrons. The lowest BCUT2D eigenvalue weighted by molar-refractivity contribution is -0.274. The Balaban J connectivity index is 1.81. The van der Waals surface area contributed by atoms with Crippen molar-refractivity contribution in [2.75, 3.05) is 7.11 Å². The lowest BCUT2D eigenvalue weighted by Crippen LogP contribution is -2.24. The van der Waals surface area contributed by atoms with Crippen molar-refractivity contribution in [3.05, 3.63) is 87.6 Å². The van der Waals surface area contributed by atoms with E-state index in [0.717, 1.165) is 5.56 Å². The van der Waals surface area contributed by atoms with E-state index in [0.29, 0.717) is 23.6 Å². The Labute approximate surface area is 201 Å². The molecule has 0 aliphatic heterocycles. The molecule has 35 heavy (non-hydrogen) atoms. The molecule has 0 fully saturated rings. The van der Waals surface area contributed by atoms with Crippen LogP contribution in [0, 0.1) is 5.41 Å². The predicted octanol–water partition coefficient (Wildman–Crippen LogP) is 5.67. The van der Waals surface area contributed by atoms with Crippen molar-refractivity contribution >= 4 is 5.78 Å². The topological polar surface area (TPSA) is 81.3 Å². The van der Waals surface area contributed by atoms with E-state index in [1.54, 1.807) is 19.2 Å². The second-order valence-electron chi connectivity index (χ2n) is 9.26. The van der Waals surface area contributed by atoms with Gasteiger partial charge in [-0.1, -0.05) is 45.0 Å². The number of benzene rings is 2. The maximum Gasteiger partial charge on any atom is 0.573 e. The number of ether oxygens (including phenoxy) is 2. The van der Waals surface area contributed by atoms with E-state index in [-0.39, 0.29) is 29.6 Å². The van der Waals surface area contributed by atoms with Crippen molar-refractivity contribution in [3.8, 4) is 11.5 Å². The number of aromatic nitrogens is 2. The van der Waals surface area contributed by atoms with Crippen LogP contribution in [0.1, 0.15) is 60.5 Å². The number of alkyl halides is 3. The first-order chi connectivity index (χ1) is 16.3. The molecule has 1 aromatic heterocycles.